The Hall–Kier alpha value is -3.09. The first-order chi connectivity index (χ1) is 14.0. The zero-order valence-corrected chi connectivity index (χ0v) is 17.1. The summed E-state index contributed by atoms with van der Waals surface area (Å²) in [7, 11) is 3.15. The van der Waals surface area contributed by atoms with Crippen LogP contribution in [0.25, 0.3) is 0 Å². The lowest BCUT2D eigenvalue weighted by atomic mass is 10.1. The first-order valence-electron chi connectivity index (χ1n) is 9.72. The zero-order chi connectivity index (χ0) is 20.8. The first kappa shape index (κ1) is 20.6. The van der Waals surface area contributed by atoms with E-state index in [2.05, 4.69) is 10.3 Å². The summed E-state index contributed by atoms with van der Waals surface area (Å²) in [5.74, 6) is 1.11. The Bertz CT molecular complexity index is 884. The van der Waals surface area contributed by atoms with E-state index < -0.39 is 0 Å². The van der Waals surface area contributed by atoms with E-state index in [9.17, 15) is 9.59 Å². The Morgan fingerprint density at radius 3 is 2.83 bits per heavy atom. The average Bonchev–Trinajstić information content (AvgIpc) is 2.90. The van der Waals surface area contributed by atoms with Gasteiger partial charge in [-0.15, -0.1) is 0 Å². The van der Waals surface area contributed by atoms with Crippen LogP contribution < -0.4 is 14.8 Å². The number of amides is 2. The summed E-state index contributed by atoms with van der Waals surface area (Å²) in [5, 5.41) is 3.05. The molecule has 3 rings (SSSR count). The van der Waals surface area contributed by atoms with Crippen molar-refractivity contribution in [2.24, 2.45) is 0 Å². The average molecular weight is 397 g/mol. The topological polar surface area (TPSA) is 80.8 Å². The van der Waals surface area contributed by atoms with Gasteiger partial charge >= 0.3 is 0 Å². The number of aromatic nitrogens is 1. The molecule has 7 heteroatoms. The van der Waals surface area contributed by atoms with Gasteiger partial charge in [0, 0.05) is 31.2 Å². The maximum absolute atomic E-state index is 12.8. The van der Waals surface area contributed by atoms with Crippen LogP contribution in [0.15, 0.2) is 36.5 Å². The number of carbonyl (C=O) groups excluding carboxylic acids is 2. The quantitative estimate of drug-likeness (QED) is 0.811. The summed E-state index contributed by atoms with van der Waals surface area (Å²) in [6.07, 6.45) is 3.28. The van der Waals surface area contributed by atoms with Gasteiger partial charge in [-0.05, 0) is 43.5 Å². The summed E-state index contributed by atoms with van der Waals surface area (Å²) in [4.78, 5) is 31.3. The molecule has 2 heterocycles. The minimum atomic E-state index is -0.203. The highest BCUT2D eigenvalue weighted by Crippen LogP contribution is 2.21. The molecule has 0 aliphatic carbocycles. The monoisotopic (exact) mass is 397 g/mol. The second-order valence-electron chi connectivity index (χ2n) is 7.19. The molecule has 154 valence electrons. The van der Waals surface area contributed by atoms with Gasteiger partial charge in [0.05, 0.1) is 26.0 Å². The third-order valence-electron chi connectivity index (χ3n) is 5.12. The molecule has 1 aliphatic heterocycles. The Kier molecular flexibility index (Phi) is 6.69. The molecule has 2 aromatic rings. The van der Waals surface area contributed by atoms with Crippen molar-refractivity contribution in [3.05, 3.63) is 53.3 Å². The summed E-state index contributed by atoms with van der Waals surface area (Å²) in [6.45, 7) is 2.96. The number of hydrogen-bond acceptors (Lipinski definition) is 5. The third kappa shape index (κ3) is 5.25. The highest BCUT2D eigenvalue weighted by molar-refractivity contribution is 5.97. The first-order valence-corrected chi connectivity index (χ1v) is 9.72. The van der Waals surface area contributed by atoms with Gasteiger partial charge in [0.15, 0.2) is 0 Å². The molecule has 29 heavy (non-hydrogen) atoms. The van der Waals surface area contributed by atoms with Gasteiger partial charge in [-0.3, -0.25) is 14.6 Å². The predicted octanol–water partition coefficient (Wildman–Crippen LogP) is 2.72. The van der Waals surface area contributed by atoms with E-state index in [4.69, 9.17) is 9.47 Å². The molecule has 1 aliphatic rings. The molecule has 0 radical (unpaired) electrons. The number of carbonyl (C=O) groups is 2. The summed E-state index contributed by atoms with van der Waals surface area (Å²) < 4.78 is 10.5. The Morgan fingerprint density at radius 2 is 2.07 bits per heavy atom. The van der Waals surface area contributed by atoms with E-state index >= 15 is 0 Å². The molecule has 0 saturated carbocycles. The van der Waals surface area contributed by atoms with Crippen LogP contribution in [-0.2, 0) is 11.3 Å². The number of ether oxygens (including phenoxy) is 2. The number of hydrogen-bond donors (Lipinski definition) is 1. The number of benzene rings is 1. The largest absolute Gasteiger partial charge is 0.497 e. The molecular formula is C22H27N3O4. The lowest BCUT2D eigenvalue weighted by Crippen LogP contribution is -2.36. The smallest absolute Gasteiger partial charge is 0.255 e. The second-order valence-corrected chi connectivity index (χ2v) is 7.19. The van der Waals surface area contributed by atoms with Gasteiger partial charge < -0.3 is 19.7 Å². The van der Waals surface area contributed by atoms with E-state index in [0.29, 0.717) is 43.7 Å². The number of nitrogens with one attached hydrogen (secondary N) is 1. The molecule has 1 aromatic heterocycles. The Morgan fingerprint density at radius 1 is 1.24 bits per heavy atom. The van der Waals surface area contributed by atoms with E-state index in [1.807, 2.05) is 36.1 Å². The second kappa shape index (κ2) is 9.41. The number of methoxy groups -OCH3 is 2. The Labute approximate surface area is 171 Å². The van der Waals surface area contributed by atoms with Crippen LogP contribution in [0, 0.1) is 6.92 Å². The number of likely N-dealkylation sites (tertiary alicyclic amines) is 1. The van der Waals surface area contributed by atoms with Crippen LogP contribution in [0.5, 0.6) is 11.5 Å². The van der Waals surface area contributed by atoms with Crippen LogP contribution in [0.1, 0.15) is 40.9 Å². The third-order valence-corrected chi connectivity index (χ3v) is 5.12. The molecule has 1 saturated heterocycles. The predicted molar refractivity (Wildman–Crippen MR) is 109 cm³/mol. The van der Waals surface area contributed by atoms with Gasteiger partial charge in [-0.25, -0.2) is 0 Å². The molecule has 0 spiro atoms. The van der Waals surface area contributed by atoms with E-state index in [0.717, 1.165) is 17.0 Å². The van der Waals surface area contributed by atoms with Gasteiger partial charge in [0.25, 0.3) is 5.91 Å². The van der Waals surface area contributed by atoms with Gasteiger partial charge in [-0.1, -0.05) is 12.1 Å². The van der Waals surface area contributed by atoms with Crippen molar-refractivity contribution in [3.8, 4) is 11.5 Å². The van der Waals surface area contributed by atoms with E-state index in [1.54, 1.807) is 19.4 Å². The maximum atomic E-state index is 12.8. The Balaban J connectivity index is 1.63. The molecule has 1 N–H and O–H groups in total. The number of nitrogens with zero attached hydrogens (tertiary/aromatic N) is 2. The van der Waals surface area contributed by atoms with Crippen LogP contribution in [0.3, 0.4) is 0 Å². The lowest BCUT2D eigenvalue weighted by molar-refractivity contribution is -0.131. The molecule has 7 nitrogen and oxygen atoms in total. The summed E-state index contributed by atoms with van der Waals surface area (Å²) >= 11 is 0. The van der Waals surface area contributed by atoms with Crippen LogP contribution >= 0.6 is 0 Å². The lowest BCUT2D eigenvalue weighted by Gasteiger charge is -2.21. The van der Waals surface area contributed by atoms with Gasteiger partial charge in [-0.2, -0.15) is 0 Å². The van der Waals surface area contributed by atoms with Crippen molar-refractivity contribution in [1.82, 2.24) is 15.2 Å². The fraction of sp³-hybridized carbons (Fsp3) is 0.409. The van der Waals surface area contributed by atoms with Crippen LogP contribution in [0.4, 0.5) is 0 Å². The van der Waals surface area contributed by atoms with Gasteiger partial charge in [0.2, 0.25) is 5.91 Å². The van der Waals surface area contributed by atoms with Crippen molar-refractivity contribution in [1.29, 1.82) is 0 Å². The van der Waals surface area contributed by atoms with Crippen molar-refractivity contribution in [3.63, 3.8) is 0 Å². The minimum Gasteiger partial charge on any atom is -0.497 e. The highest BCUT2D eigenvalue weighted by Gasteiger charge is 2.25. The standard InChI is InChI=1S/C22H27N3O4/c1-15-11-19(20(29-3)13-23-15)22(27)24-17-7-8-21(26)25(10-9-17)14-16-5-4-6-18(12-16)28-2/h4-6,11-13,17H,7-10,14H2,1-3H3,(H,24,27). The normalized spacial score (nSPS) is 16.9. The van der Waals surface area contributed by atoms with Crippen molar-refractivity contribution in [2.75, 3.05) is 20.8 Å². The summed E-state index contributed by atoms with van der Waals surface area (Å²) in [5.41, 5.74) is 2.23. The van der Waals surface area contributed by atoms with Gasteiger partial charge in [0.1, 0.15) is 11.5 Å². The number of rotatable bonds is 6. The van der Waals surface area contributed by atoms with Crippen molar-refractivity contribution >= 4 is 11.8 Å². The van der Waals surface area contributed by atoms with E-state index in [-0.39, 0.29) is 17.9 Å². The molecule has 2 amide bonds. The summed E-state index contributed by atoms with van der Waals surface area (Å²) in [6, 6.07) is 9.37. The highest BCUT2D eigenvalue weighted by atomic mass is 16.5. The SMILES string of the molecule is COc1cccc(CN2CCC(NC(=O)c3cc(C)ncc3OC)CCC2=O)c1. The van der Waals surface area contributed by atoms with Crippen molar-refractivity contribution < 1.29 is 19.1 Å². The van der Waals surface area contributed by atoms with Crippen LogP contribution in [0.2, 0.25) is 0 Å². The molecule has 1 unspecified atom stereocenters. The van der Waals surface area contributed by atoms with Crippen molar-refractivity contribution in [2.45, 2.75) is 38.8 Å². The molecule has 1 aromatic carbocycles. The fourth-order valence-corrected chi connectivity index (χ4v) is 3.49. The number of aryl methyl sites for hydroxylation is 1. The molecular weight excluding hydrogens is 370 g/mol. The maximum Gasteiger partial charge on any atom is 0.255 e. The van der Waals surface area contributed by atoms with Crippen LogP contribution in [-0.4, -0.2) is 48.5 Å². The zero-order valence-electron chi connectivity index (χ0n) is 17.1. The molecule has 0 bridgehead atoms. The number of pyridine rings is 1. The molecule has 1 fully saturated rings. The van der Waals surface area contributed by atoms with E-state index in [1.165, 1.54) is 7.11 Å². The minimum absolute atomic E-state index is 0.0695. The molecule has 1 atom stereocenters. The fourth-order valence-electron chi connectivity index (χ4n) is 3.49.